The van der Waals surface area contributed by atoms with Crippen LogP contribution in [-0.2, 0) is 14.8 Å². The number of halogens is 1. The zero-order valence-electron chi connectivity index (χ0n) is 16.9. The van der Waals surface area contributed by atoms with Crippen molar-refractivity contribution in [3.63, 3.8) is 0 Å². The number of rotatable bonds is 7. The molecular weight excluding hydrogens is 396 g/mol. The Hall–Kier alpha value is -2.05. The third-order valence-corrected chi connectivity index (χ3v) is 6.10. The van der Waals surface area contributed by atoms with E-state index < -0.39 is 16.1 Å². The van der Waals surface area contributed by atoms with Gasteiger partial charge in [0.2, 0.25) is 15.9 Å². The molecule has 1 N–H and O–H groups in total. The predicted octanol–water partition coefficient (Wildman–Crippen LogP) is 4.38. The maximum atomic E-state index is 13.0. The Bertz CT molecular complexity index is 943. The minimum absolute atomic E-state index is 0.243. The normalized spacial score (nSPS) is 13.6. The Morgan fingerprint density at radius 3 is 2.29 bits per heavy atom. The number of anilines is 1. The van der Waals surface area contributed by atoms with E-state index in [2.05, 4.69) is 5.32 Å². The fraction of sp³-hybridized carbons (Fsp3) is 0.381. The molecule has 0 aromatic heterocycles. The summed E-state index contributed by atoms with van der Waals surface area (Å²) in [4.78, 5) is 13.0. The Kier molecular flexibility index (Phi) is 7.12. The van der Waals surface area contributed by atoms with Gasteiger partial charge < -0.3 is 5.32 Å². The molecule has 0 radical (unpaired) electrons. The Balaban J connectivity index is 2.33. The smallest absolute Gasteiger partial charge is 0.244 e. The van der Waals surface area contributed by atoms with E-state index in [0.29, 0.717) is 17.1 Å². The summed E-state index contributed by atoms with van der Waals surface area (Å²) in [6.45, 7) is 7.68. The van der Waals surface area contributed by atoms with Gasteiger partial charge in [0.15, 0.2) is 0 Å². The molecule has 1 amide bonds. The number of carbonyl (C=O) groups excluding carboxylic acids is 1. The summed E-state index contributed by atoms with van der Waals surface area (Å²) in [6, 6.07) is 11.4. The molecule has 0 fully saturated rings. The van der Waals surface area contributed by atoms with E-state index in [1.54, 1.807) is 31.2 Å². The van der Waals surface area contributed by atoms with Crippen LogP contribution in [0.5, 0.6) is 0 Å². The van der Waals surface area contributed by atoms with Gasteiger partial charge in [0.1, 0.15) is 6.04 Å². The number of sulfonamides is 1. The first-order valence-corrected chi connectivity index (χ1v) is 11.4. The van der Waals surface area contributed by atoms with Crippen molar-refractivity contribution in [2.45, 2.75) is 46.2 Å². The number of hydrogen-bond acceptors (Lipinski definition) is 3. The molecule has 7 heteroatoms. The van der Waals surface area contributed by atoms with Crippen molar-refractivity contribution in [1.82, 2.24) is 5.32 Å². The Morgan fingerprint density at radius 1 is 1.14 bits per heavy atom. The highest BCUT2D eigenvalue weighted by Gasteiger charge is 2.32. The molecular formula is C21H27ClN2O3S. The van der Waals surface area contributed by atoms with Crippen LogP contribution in [0.2, 0.25) is 5.02 Å². The average molecular weight is 423 g/mol. The number of benzene rings is 2. The van der Waals surface area contributed by atoms with Crippen molar-refractivity contribution in [2.75, 3.05) is 10.6 Å². The molecule has 2 unspecified atom stereocenters. The summed E-state index contributed by atoms with van der Waals surface area (Å²) < 4.78 is 26.1. The van der Waals surface area contributed by atoms with Crippen molar-refractivity contribution in [2.24, 2.45) is 0 Å². The lowest BCUT2D eigenvalue weighted by atomic mass is 9.99. The highest BCUT2D eigenvalue weighted by molar-refractivity contribution is 7.92. The third-order valence-electron chi connectivity index (χ3n) is 4.67. The topological polar surface area (TPSA) is 66.5 Å². The van der Waals surface area contributed by atoms with Crippen LogP contribution in [0.25, 0.3) is 0 Å². The Labute approximate surface area is 172 Å². The van der Waals surface area contributed by atoms with Crippen LogP contribution in [0, 0.1) is 13.8 Å². The molecule has 2 atom stereocenters. The molecule has 0 aliphatic rings. The van der Waals surface area contributed by atoms with Crippen molar-refractivity contribution in [3.05, 3.63) is 64.2 Å². The molecule has 0 heterocycles. The summed E-state index contributed by atoms with van der Waals surface area (Å²) in [6.07, 6.45) is 1.44. The molecule has 0 spiro atoms. The lowest BCUT2D eigenvalue weighted by Crippen LogP contribution is -2.49. The Morgan fingerprint density at radius 2 is 1.75 bits per heavy atom. The molecule has 0 saturated heterocycles. The van der Waals surface area contributed by atoms with E-state index in [1.165, 1.54) is 0 Å². The monoisotopic (exact) mass is 422 g/mol. The molecule has 2 rings (SSSR count). The van der Waals surface area contributed by atoms with Crippen LogP contribution < -0.4 is 9.62 Å². The van der Waals surface area contributed by atoms with Crippen LogP contribution in [0.1, 0.15) is 43.0 Å². The molecule has 0 aliphatic carbocycles. The number of nitrogens with zero attached hydrogens (tertiary/aromatic N) is 1. The zero-order valence-corrected chi connectivity index (χ0v) is 18.4. The van der Waals surface area contributed by atoms with E-state index >= 15 is 0 Å². The van der Waals surface area contributed by atoms with Crippen LogP contribution in [-0.4, -0.2) is 26.6 Å². The minimum Gasteiger partial charge on any atom is -0.348 e. The first kappa shape index (κ1) is 22.2. The van der Waals surface area contributed by atoms with Crippen LogP contribution in [0.15, 0.2) is 42.5 Å². The van der Waals surface area contributed by atoms with Crippen molar-refractivity contribution in [3.8, 4) is 0 Å². The van der Waals surface area contributed by atoms with Gasteiger partial charge in [0.25, 0.3) is 0 Å². The summed E-state index contributed by atoms with van der Waals surface area (Å²) in [7, 11) is -3.67. The fourth-order valence-corrected chi connectivity index (χ4v) is 4.60. The van der Waals surface area contributed by atoms with Gasteiger partial charge in [-0.15, -0.1) is 0 Å². The second-order valence-corrected chi connectivity index (χ2v) is 9.35. The molecule has 0 bridgehead atoms. The van der Waals surface area contributed by atoms with E-state index in [4.69, 9.17) is 11.6 Å². The molecule has 0 saturated carbocycles. The third kappa shape index (κ3) is 5.26. The first-order chi connectivity index (χ1) is 13.0. The highest BCUT2D eigenvalue weighted by Crippen LogP contribution is 2.25. The number of amides is 1. The summed E-state index contributed by atoms with van der Waals surface area (Å²) in [5.41, 5.74) is 3.60. The van der Waals surface area contributed by atoms with Gasteiger partial charge in [0, 0.05) is 5.02 Å². The summed E-state index contributed by atoms with van der Waals surface area (Å²) in [5.74, 6) is -0.337. The second-order valence-electron chi connectivity index (χ2n) is 7.05. The molecule has 152 valence electrons. The predicted molar refractivity (Wildman–Crippen MR) is 115 cm³/mol. The first-order valence-electron chi connectivity index (χ1n) is 9.17. The molecule has 2 aromatic carbocycles. The maximum absolute atomic E-state index is 13.0. The van der Waals surface area contributed by atoms with Gasteiger partial charge in [-0.3, -0.25) is 9.10 Å². The number of carbonyl (C=O) groups is 1. The summed E-state index contributed by atoms with van der Waals surface area (Å²) in [5, 5.41) is 3.48. The number of hydrogen-bond donors (Lipinski definition) is 1. The SMILES string of the molecule is CCC(C(=O)NC(C)c1cc(C)ccc1C)N(c1ccc(Cl)cc1)S(C)(=O)=O. The highest BCUT2D eigenvalue weighted by atomic mass is 35.5. The average Bonchev–Trinajstić information content (AvgIpc) is 2.61. The van der Waals surface area contributed by atoms with Crippen LogP contribution in [0.4, 0.5) is 5.69 Å². The number of nitrogens with one attached hydrogen (secondary N) is 1. The molecule has 28 heavy (non-hydrogen) atoms. The summed E-state index contributed by atoms with van der Waals surface area (Å²) >= 11 is 5.92. The van der Waals surface area contributed by atoms with Gasteiger partial charge in [-0.2, -0.15) is 0 Å². The van der Waals surface area contributed by atoms with Gasteiger partial charge in [0.05, 0.1) is 18.0 Å². The largest absolute Gasteiger partial charge is 0.348 e. The van der Waals surface area contributed by atoms with E-state index in [9.17, 15) is 13.2 Å². The standard InChI is InChI=1S/C21H27ClN2O3S/c1-6-20(24(28(5,26)27)18-11-9-17(22)10-12-18)21(25)23-16(4)19-13-14(2)7-8-15(19)3/h7-13,16,20H,6H2,1-5H3,(H,23,25). The lowest BCUT2D eigenvalue weighted by molar-refractivity contribution is -0.122. The maximum Gasteiger partial charge on any atom is 0.244 e. The number of aryl methyl sites for hydroxylation is 2. The van der Waals surface area contributed by atoms with E-state index in [-0.39, 0.29) is 11.9 Å². The zero-order chi connectivity index (χ0) is 21.1. The lowest BCUT2D eigenvalue weighted by Gasteiger charge is -2.31. The van der Waals surface area contributed by atoms with E-state index in [0.717, 1.165) is 27.3 Å². The van der Waals surface area contributed by atoms with Crippen molar-refractivity contribution < 1.29 is 13.2 Å². The van der Waals surface area contributed by atoms with Gasteiger partial charge in [-0.05, 0) is 62.6 Å². The second kappa shape index (κ2) is 8.97. The molecule has 2 aromatic rings. The van der Waals surface area contributed by atoms with Crippen molar-refractivity contribution >= 4 is 33.2 Å². The molecule has 5 nitrogen and oxygen atoms in total. The molecule has 0 aliphatic heterocycles. The van der Waals surface area contributed by atoms with E-state index in [1.807, 2.05) is 39.0 Å². The van der Waals surface area contributed by atoms with Gasteiger partial charge >= 0.3 is 0 Å². The minimum atomic E-state index is -3.67. The van der Waals surface area contributed by atoms with Gasteiger partial charge in [-0.25, -0.2) is 8.42 Å². The quantitative estimate of drug-likeness (QED) is 0.720. The van der Waals surface area contributed by atoms with Crippen LogP contribution in [0.3, 0.4) is 0 Å². The van der Waals surface area contributed by atoms with Crippen molar-refractivity contribution in [1.29, 1.82) is 0 Å². The fourth-order valence-electron chi connectivity index (χ4n) is 3.26. The van der Waals surface area contributed by atoms with Gasteiger partial charge in [-0.1, -0.05) is 42.3 Å². The van der Waals surface area contributed by atoms with Crippen LogP contribution >= 0.6 is 11.6 Å².